The molecule has 1 saturated heterocycles. The number of carbonyl (C=O) groups is 6. The van der Waals surface area contributed by atoms with Gasteiger partial charge in [0.15, 0.2) is 0 Å². The van der Waals surface area contributed by atoms with Gasteiger partial charge in [-0.1, -0.05) is 36.4 Å². The number of rotatable bonds is 26. The minimum absolute atomic E-state index is 0.129. The predicted molar refractivity (Wildman–Crippen MR) is 315 cm³/mol. The summed E-state index contributed by atoms with van der Waals surface area (Å²) in [6.07, 6.45) is 7.70. The van der Waals surface area contributed by atoms with Gasteiger partial charge in [0.2, 0.25) is 11.9 Å². The van der Waals surface area contributed by atoms with E-state index in [0.29, 0.717) is 77.2 Å². The molecule has 1 fully saturated rings. The molecule has 9 N–H and O–H groups in total. The Labute approximate surface area is 486 Å². The van der Waals surface area contributed by atoms with Crippen LogP contribution in [0.15, 0.2) is 83.8 Å². The van der Waals surface area contributed by atoms with E-state index in [4.69, 9.17) is 9.47 Å². The first kappa shape index (κ1) is 60.4. The Morgan fingerprint density at radius 3 is 1.55 bits per heavy atom. The fraction of sp³-hybridized carbons (Fsp3) is 0.368. The summed E-state index contributed by atoms with van der Waals surface area (Å²) in [5.41, 5.74) is 6.68. The van der Waals surface area contributed by atoms with Crippen LogP contribution in [0, 0.1) is 27.7 Å². The van der Waals surface area contributed by atoms with Crippen molar-refractivity contribution in [2.24, 2.45) is 0 Å². The summed E-state index contributed by atoms with van der Waals surface area (Å²) in [5, 5.41) is 46.4. The van der Waals surface area contributed by atoms with Gasteiger partial charge in [-0.2, -0.15) is 10.2 Å². The zero-order valence-electron chi connectivity index (χ0n) is 46.5. The minimum Gasteiger partial charge on any atom is -0.480 e. The van der Waals surface area contributed by atoms with E-state index in [2.05, 4.69) is 89.3 Å². The molecular formula is C57H67N15O9S2. The average molecular weight is 1170 g/mol. The fourth-order valence-electron chi connectivity index (χ4n) is 9.32. The van der Waals surface area contributed by atoms with Gasteiger partial charge >= 0.3 is 11.9 Å². The van der Waals surface area contributed by atoms with E-state index >= 15 is 0 Å². The largest absolute Gasteiger partial charge is 0.480 e. The van der Waals surface area contributed by atoms with Gasteiger partial charge in [-0.05, 0) is 106 Å². The van der Waals surface area contributed by atoms with Crippen LogP contribution in [0.4, 0.5) is 11.9 Å². The van der Waals surface area contributed by atoms with Gasteiger partial charge in [0.1, 0.15) is 12.1 Å². The van der Waals surface area contributed by atoms with Crippen LogP contribution in [-0.2, 0) is 31.9 Å². The first-order valence-corrected chi connectivity index (χ1v) is 28.9. The summed E-state index contributed by atoms with van der Waals surface area (Å²) in [6.45, 7) is 11.7. The molecule has 1 aliphatic heterocycles. The Morgan fingerprint density at radius 1 is 0.627 bits per heavy atom. The lowest BCUT2D eigenvalue weighted by Crippen LogP contribution is -2.49. The van der Waals surface area contributed by atoms with Crippen molar-refractivity contribution in [2.45, 2.75) is 71.9 Å². The highest BCUT2D eigenvalue weighted by Gasteiger charge is 2.28. The topological polar surface area (TPSA) is 325 Å². The molecule has 0 aliphatic carbocycles. The quantitative estimate of drug-likeness (QED) is 0.0237. The van der Waals surface area contributed by atoms with Crippen molar-refractivity contribution in [3.8, 4) is 0 Å². The van der Waals surface area contributed by atoms with Crippen molar-refractivity contribution in [1.29, 1.82) is 0 Å². The van der Waals surface area contributed by atoms with E-state index in [0.717, 1.165) is 67.1 Å². The SMILES string of the molecule is Cc1nc(NCCCc2cccc3[nH]ncc23)nc(C)c1C(=O)N[C@@H](CNC(=O)c1cccs1)C(=O)O.Cc1nc(NCCCc2cccc3[nH]ncc23)nc(C)c1C(=O)N[C@@H](CNC(=O)c1cccs1)C(=O)OCCCN1CCOCC1. The minimum atomic E-state index is -1.31. The third kappa shape index (κ3) is 16.9. The number of benzene rings is 2. The van der Waals surface area contributed by atoms with Gasteiger partial charge in [-0.25, -0.2) is 29.5 Å². The number of fused-ring (bicyclic) bond motifs is 2. The number of morpholine rings is 1. The number of anilines is 2. The van der Waals surface area contributed by atoms with E-state index in [1.54, 1.807) is 62.7 Å². The van der Waals surface area contributed by atoms with E-state index in [1.807, 2.05) is 36.7 Å². The summed E-state index contributed by atoms with van der Waals surface area (Å²) in [6, 6.07) is 16.6. The third-order valence-electron chi connectivity index (χ3n) is 13.5. The molecule has 8 aromatic rings. The molecule has 6 aromatic heterocycles. The highest BCUT2D eigenvalue weighted by atomic mass is 32.1. The van der Waals surface area contributed by atoms with Gasteiger partial charge in [0.05, 0.1) is 86.9 Å². The van der Waals surface area contributed by atoms with Gasteiger partial charge in [0.25, 0.3) is 23.6 Å². The number of aromatic nitrogens is 8. The predicted octanol–water partition coefficient (Wildman–Crippen LogP) is 5.56. The maximum atomic E-state index is 13.5. The molecule has 2 atom stereocenters. The van der Waals surface area contributed by atoms with E-state index in [1.165, 1.54) is 33.8 Å². The number of H-pyrrole nitrogens is 2. The van der Waals surface area contributed by atoms with E-state index in [9.17, 15) is 33.9 Å². The molecule has 0 bridgehead atoms. The Hall–Kier alpha value is -8.72. The van der Waals surface area contributed by atoms with Crippen LogP contribution in [0.5, 0.6) is 0 Å². The van der Waals surface area contributed by atoms with Gasteiger partial charge in [-0.15, -0.1) is 22.7 Å². The summed E-state index contributed by atoms with van der Waals surface area (Å²) in [7, 11) is 0. The maximum Gasteiger partial charge on any atom is 0.330 e. The van der Waals surface area contributed by atoms with Gasteiger partial charge in [0, 0.05) is 56.6 Å². The number of esters is 1. The number of aliphatic carboxylic acids is 1. The second kappa shape index (κ2) is 29.8. The van der Waals surface area contributed by atoms with Crippen molar-refractivity contribution in [3.63, 3.8) is 0 Å². The average Bonchev–Trinajstić information content (AvgIpc) is 4.38. The number of amides is 4. The molecule has 2 aromatic carbocycles. The van der Waals surface area contributed by atoms with Crippen molar-refractivity contribution < 1.29 is 43.3 Å². The lowest BCUT2D eigenvalue weighted by atomic mass is 10.1. The smallest absolute Gasteiger partial charge is 0.330 e. The summed E-state index contributed by atoms with van der Waals surface area (Å²) in [5.74, 6) is -2.94. The summed E-state index contributed by atoms with van der Waals surface area (Å²) >= 11 is 2.53. The first-order valence-electron chi connectivity index (χ1n) is 27.2. The molecule has 436 valence electrons. The standard InChI is InChI=1S/C32H40N8O5S.C25H27N7O4S/c1-21-28(22(2)37-32(36-21)33-11-4-8-23-7-3-9-25-24(23)19-35-39-25)30(42)38-26(20-34-29(41)27-10-5-18-46-27)31(43)45-15-6-12-40-13-16-44-17-14-40;1-14-21(23(34)31-19(24(35)36)13-27-22(33)20-9-5-11-37-20)15(2)30-25(29-14)26-10-4-7-16-6-3-8-18-17(16)12-28-32-18/h3,5,7,9-10,18-19,26H,4,6,8,11-17,20H2,1-2H3,(H,34,41)(H,35,39)(H,38,42)(H,33,36,37);3,5-6,8-9,11-12,19H,4,7,10,13H2,1-2H3,(H,27,33)(H,28,32)(H,31,34)(H,35,36)(H,26,29,30)/t26-;19-/m00/s1. The van der Waals surface area contributed by atoms with Crippen LogP contribution in [0.25, 0.3) is 21.8 Å². The number of carboxylic acid groups (broad SMARTS) is 1. The molecule has 83 heavy (non-hydrogen) atoms. The highest BCUT2D eigenvalue weighted by molar-refractivity contribution is 7.12. The molecule has 0 spiro atoms. The second-order valence-corrected chi connectivity index (χ2v) is 21.4. The molecule has 26 heteroatoms. The molecular weight excluding hydrogens is 1100 g/mol. The van der Waals surface area contributed by atoms with E-state index < -0.39 is 41.7 Å². The zero-order valence-corrected chi connectivity index (χ0v) is 48.1. The molecule has 0 saturated carbocycles. The third-order valence-corrected chi connectivity index (χ3v) is 15.3. The molecule has 0 unspecified atom stereocenters. The second-order valence-electron chi connectivity index (χ2n) is 19.5. The van der Waals surface area contributed by atoms with Gasteiger partial charge in [-0.3, -0.25) is 34.3 Å². The van der Waals surface area contributed by atoms with Crippen molar-refractivity contribution >= 4 is 91.9 Å². The van der Waals surface area contributed by atoms with Crippen molar-refractivity contribution in [2.75, 3.05) is 76.3 Å². The maximum absolute atomic E-state index is 13.5. The molecule has 1 aliphatic rings. The number of aryl methyl sites for hydroxylation is 6. The number of nitrogens with one attached hydrogen (secondary N) is 8. The molecule has 7 heterocycles. The lowest BCUT2D eigenvalue weighted by molar-refractivity contribution is -0.146. The number of hydrogen-bond donors (Lipinski definition) is 9. The number of aromatic amines is 2. The first-order chi connectivity index (χ1) is 40.2. The van der Waals surface area contributed by atoms with Gasteiger partial charge < -0.3 is 46.5 Å². The number of ether oxygens (including phenoxy) is 2. The molecule has 0 radical (unpaired) electrons. The number of carbonyl (C=O) groups excluding carboxylic acids is 5. The van der Waals surface area contributed by atoms with Crippen LogP contribution in [0.1, 0.15) is 93.2 Å². The van der Waals surface area contributed by atoms with Crippen molar-refractivity contribution in [1.82, 2.24) is 66.5 Å². The normalized spacial score (nSPS) is 13.1. The number of carboxylic acids is 1. The summed E-state index contributed by atoms with van der Waals surface area (Å²) in [4.78, 5) is 96.9. The van der Waals surface area contributed by atoms with Crippen LogP contribution in [0.3, 0.4) is 0 Å². The Balaban J connectivity index is 0.000000222. The zero-order chi connectivity index (χ0) is 58.7. The Kier molecular flexibility index (Phi) is 21.7. The van der Waals surface area contributed by atoms with Crippen LogP contribution in [0.2, 0.25) is 0 Å². The lowest BCUT2D eigenvalue weighted by Gasteiger charge is -2.26. The van der Waals surface area contributed by atoms with Crippen LogP contribution < -0.4 is 31.9 Å². The van der Waals surface area contributed by atoms with Crippen LogP contribution >= 0.6 is 22.7 Å². The summed E-state index contributed by atoms with van der Waals surface area (Å²) < 4.78 is 10.9. The van der Waals surface area contributed by atoms with E-state index in [-0.39, 0.29) is 36.7 Å². The monoisotopic (exact) mass is 1170 g/mol. The number of thiophene rings is 2. The molecule has 4 amide bonds. The van der Waals surface area contributed by atoms with Crippen molar-refractivity contribution in [3.05, 3.63) is 139 Å². The fourth-order valence-corrected chi connectivity index (χ4v) is 10.6. The number of hydrogen-bond acceptors (Lipinski definition) is 19. The molecule has 9 rings (SSSR count). The highest BCUT2D eigenvalue weighted by Crippen LogP contribution is 2.21. The molecule has 24 nitrogen and oxygen atoms in total. The number of nitrogens with zero attached hydrogens (tertiary/aromatic N) is 7. The Bertz CT molecular complexity index is 3450. The Morgan fingerprint density at radius 2 is 1.10 bits per heavy atom. The van der Waals surface area contributed by atoms with Crippen LogP contribution in [-0.4, -0.2) is 164 Å².